The van der Waals surface area contributed by atoms with Crippen molar-refractivity contribution in [1.29, 1.82) is 0 Å². The molecule has 8 heteroatoms. The number of benzene rings is 2. The summed E-state index contributed by atoms with van der Waals surface area (Å²) >= 11 is 9.30. The number of hydrogen-bond acceptors (Lipinski definition) is 4. The zero-order chi connectivity index (χ0) is 19.7. The van der Waals surface area contributed by atoms with Gasteiger partial charge in [-0.05, 0) is 42.8 Å². The number of ether oxygens (including phenoxy) is 1. The van der Waals surface area contributed by atoms with Crippen molar-refractivity contribution < 1.29 is 19.1 Å². The molecule has 140 valence electrons. The van der Waals surface area contributed by atoms with Gasteiger partial charge in [0.25, 0.3) is 11.7 Å². The molecule has 2 aromatic carbocycles. The Balaban J connectivity index is 1.94. The normalized spacial score (nSPS) is 14.1. The van der Waals surface area contributed by atoms with Crippen LogP contribution in [-0.2, 0) is 9.59 Å². The minimum atomic E-state index is -0.854. The van der Waals surface area contributed by atoms with Crippen molar-refractivity contribution in [2.45, 2.75) is 19.4 Å². The molecule has 3 rings (SSSR count). The molecule has 1 aliphatic rings. The van der Waals surface area contributed by atoms with E-state index in [1.807, 2.05) is 0 Å². The summed E-state index contributed by atoms with van der Waals surface area (Å²) in [5.74, 6) is -1.34. The lowest BCUT2D eigenvalue weighted by molar-refractivity contribution is -0.121. The Labute approximate surface area is 169 Å². The Hall–Kier alpha value is -2.38. The molecule has 1 atom stereocenters. The number of carbonyl (C=O) groups excluding carboxylic acids is 3. The van der Waals surface area contributed by atoms with E-state index in [0.29, 0.717) is 33.0 Å². The van der Waals surface area contributed by atoms with Crippen LogP contribution in [0, 0.1) is 0 Å². The highest BCUT2D eigenvalue weighted by Crippen LogP contribution is 2.34. The van der Waals surface area contributed by atoms with Crippen molar-refractivity contribution in [2.24, 2.45) is 0 Å². The number of methoxy groups -OCH3 is 1. The van der Waals surface area contributed by atoms with E-state index in [2.05, 4.69) is 21.2 Å². The molecule has 0 aliphatic carbocycles. The summed E-state index contributed by atoms with van der Waals surface area (Å²) in [4.78, 5) is 39.0. The molecule has 0 fully saturated rings. The lowest BCUT2D eigenvalue weighted by atomic mass is 10.1. The van der Waals surface area contributed by atoms with Gasteiger partial charge < -0.3 is 10.1 Å². The van der Waals surface area contributed by atoms with Crippen LogP contribution >= 0.6 is 27.5 Å². The highest BCUT2D eigenvalue weighted by Gasteiger charge is 2.42. The molecule has 27 heavy (non-hydrogen) atoms. The first-order valence-corrected chi connectivity index (χ1v) is 9.36. The Morgan fingerprint density at radius 3 is 2.67 bits per heavy atom. The molecule has 1 heterocycles. The molecule has 6 nitrogen and oxygen atoms in total. The zero-order valence-electron chi connectivity index (χ0n) is 14.6. The third-order valence-electron chi connectivity index (χ3n) is 4.30. The second-order valence-corrected chi connectivity index (χ2v) is 7.28. The van der Waals surface area contributed by atoms with Gasteiger partial charge >= 0.3 is 0 Å². The summed E-state index contributed by atoms with van der Waals surface area (Å²) in [6.45, 7) is 1.77. The first kappa shape index (κ1) is 19.4. The van der Waals surface area contributed by atoms with Crippen molar-refractivity contribution in [3.8, 4) is 5.75 Å². The number of hydrogen-bond donors (Lipinski definition) is 1. The van der Waals surface area contributed by atoms with Gasteiger partial charge in [0.05, 0.1) is 24.0 Å². The molecule has 2 aromatic rings. The quantitative estimate of drug-likeness (QED) is 0.696. The summed E-state index contributed by atoms with van der Waals surface area (Å²) in [6, 6.07) is 8.95. The maximum atomic E-state index is 12.9. The van der Waals surface area contributed by atoms with Gasteiger partial charge in [-0.2, -0.15) is 0 Å². The van der Waals surface area contributed by atoms with Crippen LogP contribution in [0.3, 0.4) is 0 Å². The second kappa shape index (κ2) is 7.70. The van der Waals surface area contributed by atoms with E-state index < -0.39 is 23.6 Å². The van der Waals surface area contributed by atoms with Crippen LogP contribution in [0.1, 0.15) is 23.7 Å². The summed E-state index contributed by atoms with van der Waals surface area (Å²) in [5, 5.41) is 3.18. The predicted molar refractivity (Wildman–Crippen MR) is 107 cm³/mol. The van der Waals surface area contributed by atoms with Gasteiger partial charge in [0, 0.05) is 9.50 Å². The number of fused-ring (bicyclic) bond motifs is 1. The van der Waals surface area contributed by atoms with E-state index >= 15 is 0 Å². The average molecular weight is 452 g/mol. The monoisotopic (exact) mass is 450 g/mol. The van der Waals surface area contributed by atoms with E-state index in [1.54, 1.807) is 43.3 Å². The zero-order valence-corrected chi connectivity index (χ0v) is 16.9. The molecule has 0 spiro atoms. The topological polar surface area (TPSA) is 75.7 Å². The Bertz CT molecular complexity index is 947. The molecule has 0 saturated heterocycles. The lowest BCUT2D eigenvalue weighted by Crippen LogP contribution is -2.46. The van der Waals surface area contributed by atoms with Crippen molar-refractivity contribution >= 4 is 56.5 Å². The molecule has 1 N–H and O–H groups in total. The van der Waals surface area contributed by atoms with E-state index in [-0.39, 0.29) is 5.56 Å². The van der Waals surface area contributed by atoms with Crippen LogP contribution in [0.25, 0.3) is 0 Å². The fraction of sp³-hybridized carbons (Fsp3) is 0.211. The number of amides is 2. The van der Waals surface area contributed by atoms with Crippen LogP contribution in [-0.4, -0.2) is 30.7 Å². The van der Waals surface area contributed by atoms with Crippen molar-refractivity contribution in [3.05, 3.63) is 51.5 Å². The number of anilines is 2. The van der Waals surface area contributed by atoms with Gasteiger partial charge in [-0.1, -0.05) is 34.5 Å². The number of nitrogens with zero attached hydrogens (tertiary/aromatic N) is 1. The van der Waals surface area contributed by atoms with Crippen molar-refractivity contribution in [2.75, 3.05) is 17.3 Å². The van der Waals surface area contributed by atoms with Gasteiger partial charge in [-0.3, -0.25) is 19.3 Å². The fourth-order valence-corrected chi connectivity index (χ4v) is 3.56. The van der Waals surface area contributed by atoms with Crippen LogP contribution < -0.4 is 15.0 Å². The van der Waals surface area contributed by atoms with Crippen LogP contribution in [0.15, 0.2) is 40.9 Å². The highest BCUT2D eigenvalue weighted by molar-refractivity contribution is 9.10. The number of Topliss-reactive ketones (excluding diaryl/α,β-unsaturated/α-hetero) is 1. The minimum Gasteiger partial charge on any atom is -0.495 e. The van der Waals surface area contributed by atoms with Crippen LogP contribution in [0.2, 0.25) is 5.02 Å². The standard InChI is InChI=1S/C19H16BrClN2O4/c1-3-14(18(25)22-13-9-11(21)5-7-16(13)27-2)23-15-6-4-10(20)8-12(15)17(24)19(23)26/h4-9,14H,3H2,1-2H3,(H,22,25). The van der Waals surface area contributed by atoms with Crippen LogP contribution in [0.5, 0.6) is 5.75 Å². The second-order valence-electron chi connectivity index (χ2n) is 5.92. The van der Waals surface area contributed by atoms with Gasteiger partial charge in [0.15, 0.2) is 0 Å². The Kier molecular flexibility index (Phi) is 5.53. The summed E-state index contributed by atoms with van der Waals surface area (Å²) in [5.41, 5.74) is 1.09. The van der Waals surface area contributed by atoms with E-state index in [9.17, 15) is 14.4 Å². The molecular weight excluding hydrogens is 436 g/mol. The molecule has 1 aliphatic heterocycles. The Morgan fingerprint density at radius 2 is 2.00 bits per heavy atom. The van der Waals surface area contributed by atoms with Gasteiger partial charge in [-0.25, -0.2) is 0 Å². The number of rotatable bonds is 5. The number of halogens is 2. The van der Waals surface area contributed by atoms with E-state index in [1.165, 1.54) is 12.0 Å². The maximum Gasteiger partial charge on any atom is 0.300 e. The summed E-state index contributed by atoms with van der Waals surface area (Å²) in [7, 11) is 1.48. The SMILES string of the molecule is CCC(C(=O)Nc1cc(Cl)ccc1OC)N1C(=O)C(=O)c2cc(Br)ccc21. The molecule has 0 aromatic heterocycles. The van der Waals surface area contributed by atoms with Crippen molar-refractivity contribution in [3.63, 3.8) is 0 Å². The average Bonchev–Trinajstić information content (AvgIpc) is 2.87. The molecular formula is C19H16BrClN2O4. The molecule has 0 saturated carbocycles. The molecule has 0 bridgehead atoms. The number of ketones is 1. The molecule has 0 radical (unpaired) electrons. The maximum absolute atomic E-state index is 12.9. The van der Waals surface area contributed by atoms with Crippen molar-refractivity contribution in [1.82, 2.24) is 0 Å². The first-order chi connectivity index (χ1) is 12.9. The Morgan fingerprint density at radius 1 is 1.26 bits per heavy atom. The largest absolute Gasteiger partial charge is 0.495 e. The van der Waals surface area contributed by atoms with Gasteiger partial charge in [-0.15, -0.1) is 0 Å². The number of nitrogens with one attached hydrogen (secondary N) is 1. The number of carbonyl (C=O) groups is 3. The van der Waals surface area contributed by atoms with E-state index in [0.717, 1.165) is 0 Å². The minimum absolute atomic E-state index is 0.279. The van der Waals surface area contributed by atoms with Crippen LogP contribution in [0.4, 0.5) is 11.4 Å². The molecule has 2 amide bonds. The van der Waals surface area contributed by atoms with Gasteiger partial charge in [0.2, 0.25) is 5.91 Å². The van der Waals surface area contributed by atoms with Gasteiger partial charge in [0.1, 0.15) is 11.8 Å². The predicted octanol–water partition coefficient (Wildman–Crippen LogP) is 4.06. The summed E-state index contributed by atoms with van der Waals surface area (Å²) < 4.78 is 5.92. The highest BCUT2D eigenvalue weighted by atomic mass is 79.9. The third-order valence-corrected chi connectivity index (χ3v) is 5.02. The first-order valence-electron chi connectivity index (χ1n) is 8.19. The fourth-order valence-electron chi connectivity index (χ4n) is 3.02. The lowest BCUT2D eigenvalue weighted by Gasteiger charge is -2.26. The van der Waals surface area contributed by atoms with E-state index in [4.69, 9.17) is 16.3 Å². The third kappa shape index (κ3) is 3.57. The summed E-state index contributed by atoms with van der Waals surface area (Å²) in [6.07, 6.45) is 0.323. The smallest absolute Gasteiger partial charge is 0.300 e. The molecule has 1 unspecified atom stereocenters.